The smallest absolute Gasteiger partial charge is 0.337 e. The number of aromatic nitrogens is 3. The van der Waals surface area contributed by atoms with Crippen LogP contribution in [0.1, 0.15) is 24.2 Å². The van der Waals surface area contributed by atoms with E-state index in [9.17, 15) is 9.90 Å². The summed E-state index contributed by atoms with van der Waals surface area (Å²) in [6.07, 6.45) is 1.29. The maximum atomic E-state index is 11.2. The number of benzene rings is 1. The van der Waals surface area contributed by atoms with E-state index in [1.807, 2.05) is 56.1 Å². The predicted molar refractivity (Wildman–Crippen MR) is 103 cm³/mol. The number of carboxylic acids is 1. The van der Waals surface area contributed by atoms with Crippen LogP contribution in [0.2, 0.25) is 0 Å². The molecule has 3 aromatic heterocycles. The first-order valence-corrected chi connectivity index (χ1v) is 8.57. The van der Waals surface area contributed by atoms with Gasteiger partial charge in [0.15, 0.2) is 22.9 Å². The molecule has 0 unspecified atom stereocenters. The Morgan fingerprint density at radius 2 is 1.96 bits per heavy atom. The van der Waals surface area contributed by atoms with Gasteiger partial charge in [0.05, 0.1) is 5.56 Å². The molecule has 1 aromatic carbocycles. The van der Waals surface area contributed by atoms with Crippen molar-refractivity contribution in [1.82, 2.24) is 15.0 Å². The van der Waals surface area contributed by atoms with Gasteiger partial charge in [0.1, 0.15) is 11.1 Å². The van der Waals surface area contributed by atoms with Gasteiger partial charge in [-0.25, -0.2) is 19.7 Å². The fraction of sp³-hybridized carbons (Fsp3) is 0.200. The van der Waals surface area contributed by atoms with Crippen LogP contribution in [0.15, 0.2) is 47.0 Å². The van der Waals surface area contributed by atoms with Crippen molar-refractivity contribution in [1.29, 1.82) is 0 Å². The Kier molecular flexibility index (Phi) is 3.99. The quantitative estimate of drug-likeness (QED) is 0.587. The molecule has 7 nitrogen and oxygen atoms in total. The van der Waals surface area contributed by atoms with Crippen LogP contribution in [0.3, 0.4) is 0 Å². The fourth-order valence-electron chi connectivity index (χ4n) is 2.81. The van der Waals surface area contributed by atoms with Crippen LogP contribution in [0.25, 0.3) is 33.6 Å². The first kappa shape index (κ1) is 17.0. The molecule has 27 heavy (non-hydrogen) atoms. The lowest BCUT2D eigenvalue weighted by Crippen LogP contribution is -2.27. The van der Waals surface area contributed by atoms with E-state index < -0.39 is 5.97 Å². The van der Waals surface area contributed by atoms with Gasteiger partial charge in [-0.1, -0.05) is 18.2 Å². The van der Waals surface area contributed by atoms with Crippen molar-refractivity contribution in [3.63, 3.8) is 0 Å². The topological polar surface area (TPSA) is 92.4 Å². The molecule has 7 heteroatoms. The molecule has 0 radical (unpaired) electrons. The number of hydrogen-bond donors (Lipinski definition) is 1. The van der Waals surface area contributed by atoms with Crippen molar-refractivity contribution in [3.8, 4) is 11.5 Å². The first-order valence-electron chi connectivity index (χ1n) is 8.57. The number of nitrogens with zero attached hydrogens (tertiary/aromatic N) is 4. The van der Waals surface area contributed by atoms with Crippen LogP contribution >= 0.6 is 0 Å². The number of furan rings is 1. The molecule has 0 bridgehead atoms. The predicted octanol–water partition coefficient (Wildman–Crippen LogP) is 3.98. The largest absolute Gasteiger partial charge is 0.478 e. The lowest BCUT2D eigenvalue weighted by molar-refractivity contribution is 0.0696. The average Bonchev–Trinajstić information content (AvgIpc) is 3.09. The highest BCUT2D eigenvalue weighted by molar-refractivity contribution is 5.92. The Morgan fingerprint density at radius 1 is 1.19 bits per heavy atom. The van der Waals surface area contributed by atoms with Crippen molar-refractivity contribution in [2.24, 2.45) is 0 Å². The second-order valence-electron chi connectivity index (χ2n) is 6.62. The van der Waals surface area contributed by atoms with E-state index in [-0.39, 0.29) is 11.6 Å². The maximum absolute atomic E-state index is 11.2. The average molecular weight is 362 g/mol. The van der Waals surface area contributed by atoms with Gasteiger partial charge in [-0.2, -0.15) is 0 Å². The fourth-order valence-corrected chi connectivity index (χ4v) is 2.81. The molecule has 0 fully saturated rings. The normalized spacial score (nSPS) is 11.4. The van der Waals surface area contributed by atoms with Gasteiger partial charge in [-0.3, -0.25) is 0 Å². The third kappa shape index (κ3) is 2.97. The Labute approximate surface area is 155 Å². The SMILES string of the molecule is CC(C)N(C)c1nc2cc(C(=O)O)cnc2nc1-c1cc2ccccc2o1. The number of aromatic carboxylic acids is 1. The van der Waals surface area contributed by atoms with Gasteiger partial charge in [-0.05, 0) is 32.0 Å². The highest BCUT2D eigenvalue weighted by Gasteiger charge is 2.21. The number of anilines is 1. The number of pyridine rings is 1. The third-order valence-electron chi connectivity index (χ3n) is 4.52. The molecule has 4 aromatic rings. The van der Waals surface area contributed by atoms with Crippen LogP contribution in [-0.2, 0) is 0 Å². The third-order valence-corrected chi connectivity index (χ3v) is 4.52. The summed E-state index contributed by atoms with van der Waals surface area (Å²) in [5.74, 6) is 0.157. The Bertz CT molecular complexity index is 1130. The van der Waals surface area contributed by atoms with E-state index in [1.54, 1.807) is 0 Å². The van der Waals surface area contributed by atoms with E-state index in [4.69, 9.17) is 4.42 Å². The van der Waals surface area contributed by atoms with Gasteiger partial charge in [0.25, 0.3) is 0 Å². The summed E-state index contributed by atoms with van der Waals surface area (Å²) in [5, 5.41) is 10.2. The Morgan fingerprint density at radius 3 is 2.67 bits per heavy atom. The lowest BCUT2D eigenvalue weighted by Gasteiger charge is -2.24. The summed E-state index contributed by atoms with van der Waals surface area (Å²) in [6.45, 7) is 4.08. The van der Waals surface area contributed by atoms with Crippen LogP contribution in [-0.4, -0.2) is 39.1 Å². The molecule has 0 atom stereocenters. The minimum absolute atomic E-state index is 0.0754. The van der Waals surface area contributed by atoms with Gasteiger partial charge in [0, 0.05) is 24.7 Å². The standard InChI is InChI=1S/C20H18N4O3/c1-11(2)24(3)19-17(16-9-12-6-4-5-7-15(12)27-16)23-18-14(22-19)8-13(10-21-18)20(25)26/h4-11H,1-3H3,(H,25,26). The molecular formula is C20H18N4O3. The van der Waals surface area contributed by atoms with E-state index in [1.165, 1.54) is 12.3 Å². The van der Waals surface area contributed by atoms with Crippen molar-refractivity contribution in [3.05, 3.63) is 48.2 Å². The summed E-state index contributed by atoms with van der Waals surface area (Å²) in [5.41, 5.74) is 2.22. The van der Waals surface area contributed by atoms with E-state index >= 15 is 0 Å². The second kappa shape index (κ2) is 6.35. The molecule has 0 aliphatic rings. The number of carboxylic acid groups (broad SMARTS) is 1. The lowest BCUT2D eigenvalue weighted by atomic mass is 10.2. The molecule has 0 aliphatic heterocycles. The van der Waals surface area contributed by atoms with Crippen LogP contribution in [0.5, 0.6) is 0 Å². The van der Waals surface area contributed by atoms with Gasteiger partial charge in [-0.15, -0.1) is 0 Å². The van der Waals surface area contributed by atoms with Crippen LogP contribution < -0.4 is 4.90 Å². The molecule has 0 saturated carbocycles. The van der Waals surface area contributed by atoms with Crippen molar-refractivity contribution < 1.29 is 14.3 Å². The van der Waals surface area contributed by atoms with E-state index in [0.717, 1.165) is 11.0 Å². The number of hydrogen-bond acceptors (Lipinski definition) is 6. The summed E-state index contributed by atoms with van der Waals surface area (Å²) < 4.78 is 5.98. The van der Waals surface area contributed by atoms with E-state index in [0.29, 0.717) is 28.4 Å². The molecule has 0 aliphatic carbocycles. The zero-order valence-electron chi connectivity index (χ0n) is 15.2. The minimum Gasteiger partial charge on any atom is -0.478 e. The molecule has 0 amide bonds. The van der Waals surface area contributed by atoms with Crippen molar-refractivity contribution in [2.75, 3.05) is 11.9 Å². The molecule has 4 rings (SSSR count). The number of rotatable bonds is 4. The zero-order valence-corrected chi connectivity index (χ0v) is 15.2. The van der Waals surface area contributed by atoms with Crippen molar-refractivity contribution >= 4 is 33.9 Å². The first-order chi connectivity index (χ1) is 12.9. The summed E-state index contributed by atoms with van der Waals surface area (Å²) in [6, 6.07) is 11.3. The van der Waals surface area contributed by atoms with Crippen molar-refractivity contribution in [2.45, 2.75) is 19.9 Å². The van der Waals surface area contributed by atoms with Gasteiger partial charge >= 0.3 is 5.97 Å². The Hall–Kier alpha value is -3.48. The van der Waals surface area contributed by atoms with Gasteiger partial charge < -0.3 is 14.4 Å². The number of carbonyl (C=O) groups is 1. The molecule has 136 valence electrons. The zero-order chi connectivity index (χ0) is 19.1. The number of para-hydroxylation sites is 1. The molecular weight excluding hydrogens is 344 g/mol. The second-order valence-corrected chi connectivity index (χ2v) is 6.62. The highest BCUT2D eigenvalue weighted by atomic mass is 16.4. The number of fused-ring (bicyclic) bond motifs is 2. The summed E-state index contributed by atoms with van der Waals surface area (Å²) in [4.78, 5) is 26.7. The molecule has 0 saturated heterocycles. The highest BCUT2D eigenvalue weighted by Crippen LogP contribution is 2.33. The van der Waals surface area contributed by atoms with E-state index in [2.05, 4.69) is 15.0 Å². The van der Waals surface area contributed by atoms with Gasteiger partial charge in [0.2, 0.25) is 0 Å². The van der Waals surface area contributed by atoms with Crippen LogP contribution in [0, 0.1) is 0 Å². The van der Waals surface area contributed by atoms with Crippen LogP contribution in [0.4, 0.5) is 5.82 Å². The molecule has 1 N–H and O–H groups in total. The molecule has 3 heterocycles. The Balaban J connectivity index is 1.97. The maximum Gasteiger partial charge on any atom is 0.337 e. The minimum atomic E-state index is -1.05. The monoisotopic (exact) mass is 362 g/mol. The molecule has 0 spiro atoms. The summed E-state index contributed by atoms with van der Waals surface area (Å²) in [7, 11) is 1.92. The summed E-state index contributed by atoms with van der Waals surface area (Å²) >= 11 is 0.